The first-order chi connectivity index (χ1) is 5.74. The quantitative estimate of drug-likeness (QED) is 0.576. The molecule has 0 aromatic heterocycles. The molecule has 0 bridgehead atoms. The second-order valence-electron chi connectivity index (χ2n) is 3.33. The number of nitrogens with zero attached hydrogens (tertiary/aromatic N) is 2. The highest BCUT2D eigenvalue weighted by Crippen LogP contribution is 1.91. The van der Waals surface area contributed by atoms with Crippen LogP contribution in [0.15, 0.2) is 0 Å². The van der Waals surface area contributed by atoms with E-state index in [1.807, 2.05) is 0 Å². The topological polar surface area (TPSA) is 6.48 Å². The maximum absolute atomic E-state index is 2.51. The molecule has 74 valence electrons. The van der Waals surface area contributed by atoms with E-state index in [4.69, 9.17) is 0 Å². The maximum atomic E-state index is 2.51. The van der Waals surface area contributed by atoms with Gasteiger partial charge in [-0.15, -0.1) is 0 Å². The van der Waals surface area contributed by atoms with Gasteiger partial charge in [0.1, 0.15) is 0 Å². The maximum Gasteiger partial charge on any atom is 0.0109 e. The molecule has 0 spiro atoms. The third-order valence-corrected chi connectivity index (χ3v) is 2.32. The van der Waals surface area contributed by atoms with Gasteiger partial charge in [0.2, 0.25) is 0 Å². The monoisotopic (exact) mass is 172 g/mol. The molecule has 0 unspecified atom stereocenters. The molecule has 0 aromatic carbocycles. The lowest BCUT2D eigenvalue weighted by Crippen LogP contribution is -2.33. The lowest BCUT2D eigenvalue weighted by Gasteiger charge is -2.22. The van der Waals surface area contributed by atoms with E-state index in [-0.39, 0.29) is 0 Å². The van der Waals surface area contributed by atoms with Crippen LogP contribution in [0.25, 0.3) is 0 Å². The molecule has 0 atom stereocenters. The first-order valence-corrected chi connectivity index (χ1v) is 5.15. The van der Waals surface area contributed by atoms with Crippen LogP contribution < -0.4 is 0 Å². The summed E-state index contributed by atoms with van der Waals surface area (Å²) in [6.45, 7) is 12.7. The Morgan fingerprint density at radius 2 is 1.50 bits per heavy atom. The predicted molar refractivity (Wildman–Crippen MR) is 55.6 cm³/mol. The molecule has 0 rings (SSSR count). The Hall–Kier alpha value is -0.0800. The van der Waals surface area contributed by atoms with E-state index in [1.165, 1.54) is 32.6 Å². The molecular formula is C10H24N2. The van der Waals surface area contributed by atoms with E-state index in [1.54, 1.807) is 0 Å². The summed E-state index contributed by atoms with van der Waals surface area (Å²) in [6, 6.07) is 0. The van der Waals surface area contributed by atoms with Crippen molar-refractivity contribution in [3.8, 4) is 0 Å². The van der Waals surface area contributed by atoms with Crippen LogP contribution in [-0.2, 0) is 0 Å². The van der Waals surface area contributed by atoms with Gasteiger partial charge in [-0.2, -0.15) is 0 Å². The van der Waals surface area contributed by atoms with E-state index < -0.39 is 0 Å². The normalized spacial score (nSPS) is 11.5. The van der Waals surface area contributed by atoms with Crippen molar-refractivity contribution in [2.45, 2.75) is 27.2 Å². The van der Waals surface area contributed by atoms with Gasteiger partial charge in [0, 0.05) is 13.1 Å². The Kier molecular flexibility index (Phi) is 7.51. The highest BCUT2D eigenvalue weighted by atomic mass is 15.2. The van der Waals surface area contributed by atoms with E-state index in [9.17, 15) is 0 Å². The molecule has 2 heteroatoms. The summed E-state index contributed by atoms with van der Waals surface area (Å²) >= 11 is 0. The van der Waals surface area contributed by atoms with Crippen LogP contribution in [0, 0.1) is 0 Å². The summed E-state index contributed by atoms with van der Waals surface area (Å²) in [5.74, 6) is 0. The highest BCUT2D eigenvalue weighted by Gasteiger charge is 2.01. The van der Waals surface area contributed by atoms with Gasteiger partial charge >= 0.3 is 0 Å². The van der Waals surface area contributed by atoms with Crippen LogP contribution in [0.1, 0.15) is 27.2 Å². The third kappa shape index (κ3) is 5.56. The van der Waals surface area contributed by atoms with Crippen LogP contribution in [0.3, 0.4) is 0 Å². The molecule has 0 N–H and O–H groups in total. The second kappa shape index (κ2) is 7.56. The number of hydrogen-bond acceptors (Lipinski definition) is 2. The zero-order valence-electron chi connectivity index (χ0n) is 9.14. The zero-order chi connectivity index (χ0) is 9.40. The summed E-state index contributed by atoms with van der Waals surface area (Å²) in [6.07, 6.45) is 1.27. The van der Waals surface area contributed by atoms with Gasteiger partial charge in [-0.3, -0.25) is 0 Å². The van der Waals surface area contributed by atoms with Crippen LogP contribution in [0.4, 0.5) is 0 Å². The van der Waals surface area contributed by atoms with Gasteiger partial charge in [-0.05, 0) is 33.1 Å². The molecule has 0 amide bonds. The molecule has 0 fully saturated rings. The summed E-state index contributed by atoms with van der Waals surface area (Å²) in [4.78, 5) is 4.87. The summed E-state index contributed by atoms with van der Waals surface area (Å²) < 4.78 is 0. The Labute approximate surface area is 77.5 Å². The van der Waals surface area contributed by atoms with Gasteiger partial charge in [0.15, 0.2) is 0 Å². The van der Waals surface area contributed by atoms with E-state index in [0.717, 1.165) is 6.54 Å². The Balaban J connectivity index is 3.43. The Morgan fingerprint density at radius 3 is 1.92 bits per heavy atom. The van der Waals surface area contributed by atoms with Gasteiger partial charge in [0.25, 0.3) is 0 Å². The molecule has 0 aliphatic heterocycles. The highest BCUT2D eigenvalue weighted by molar-refractivity contribution is 4.57. The Morgan fingerprint density at radius 1 is 0.833 bits per heavy atom. The van der Waals surface area contributed by atoms with Gasteiger partial charge < -0.3 is 9.80 Å². The lowest BCUT2D eigenvalue weighted by molar-refractivity contribution is 0.238. The molecular weight excluding hydrogens is 148 g/mol. The van der Waals surface area contributed by atoms with Crippen molar-refractivity contribution >= 4 is 0 Å². The zero-order valence-corrected chi connectivity index (χ0v) is 9.14. The molecule has 0 saturated heterocycles. The predicted octanol–water partition coefficient (Wildman–Crippen LogP) is 1.67. The van der Waals surface area contributed by atoms with Crippen molar-refractivity contribution in [2.75, 3.05) is 39.8 Å². The van der Waals surface area contributed by atoms with Crippen molar-refractivity contribution in [1.82, 2.24) is 9.80 Å². The minimum atomic E-state index is 1.16. The fourth-order valence-corrected chi connectivity index (χ4v) is 1.21. The van der Waals surface area contributed by atoms with Crippen LogP contribution >= 0.6 is 0 Å². The van der Waals surface area contributed by atoms with Crippen LogP contribution in [0.5, 0.6) is 0 Å². The average Bonchev–Trinajstić information content (AvgIpc) is 2.11. The molecule has 2 nitrogen and oxygen atoms in total. The molecule has 0 aliphatic carbocycles. The van der Waals surface area contributed by atoms with Crippen LogP contribution in [0.2, 0.25) is 0 Å². The van der Waals surface area contributed by atoms with Crippen molar-refractivity contribution in [3.05, 3.63) is 0 Å². The molecule has 0 heterocycles. The van der Waals surface area contributed by atoms with Crippen molar-refractivity contribution in [3.63, 3.8) is 0 Å². The minimum Gasteiger partial charge on any atom is -0.305 e. The number of rotatable bonds is 7. The molecule has 0 radical (unpaired) electrons. The summed E-state index contributed by atoms with van der Waals surface area (Å²) in [7, 11) is 2.18. The first kappa shape index (κ1) is 11.9. The van der Waals surface area contributed by atoms with Gasteiger partial charge in [0.05, 0.1) is 0 Å². The van der Waals surface area contributed by atoms with E-state index in [2.05, 4.69) is 37.6 Å². The van der Waals surface area contributed by atoms with Gasteiger partial charge in [-0.25, -0.2) is 0 Å². The summed E-state index contributed by atoms with van der Waals surface area (Å²) in [5, 5.41) is 0. The van der Waals surface area contributed by atoms with Gasteiger partial charge in [-0.1, -0.05) is 20.8 Å². The molecule has 0 saturated carbocycles. The largest absolute Gasteiger partial charge is 0.305 e. The average molecular weight is 172 g/mol. The fraction of sp³-hybridized carbons (Fsp3) is 1.00. The van der Waals surface area contributed by atoms with Crippen molar-refractivity contribution < 1.29 is 0 Å². The number of hydrogen-bond donors (Lipinski definition) is 0. The molecule has 12 heavy (non-hydrogen) atoms. The number of likely N-dealkylation sites (N-methyl/N-ethyl adjacent to an activating group) is 2. The second-order valence-corrected chi connectivity index (χ2v) is 3.33. The summed E-state index contributed by atoms with van der Waals surface area (Å²) in [5.41, 5.74) is 0. The molecule has 0 aromatic rings. The third-order valence-electron chi connectivity index (χ3n) is 2.32. The van der Waals surface area contributed by atoms with Crippen LogP contribution in [-0.4, -0.2) is 49.6 Å². The smallest absolute Gasteiger partial charge is 0.0109 e. The fourth-order valence-electron chi connectivity index (χ4n) is 1.21. The van der Waals surface area contributed by atoms with E-state index >= 15 is 0 Å². The van der Waals surface area contributed by atoms with E-state index in [0.29, 0.717) is 0 Å². The van der Waals surface area contributed by atoms with Crippen molar-refractivity contribution in [1.29, 1.82) is 0 Å². The minimum absolute atomic E-state index is 1.16. The van der Waals surface area contributed by atoms with Crippen molar-refractivity contribution in [2.24, 2.45) is 0 Å². The first-order valence-electron chi connectivity index (χ1n) is 5.15. The standard InChI is InChI=1S/C10H24N2/c1-5-8-12(7-3)10-9-11(4)6-2/h5-10H2,1-4H3. The Bertz CT molecular complexity index is 93.8. The molecule has 0 aliphatic rings. The lowest BCUT2D eigenvalue weighted by atomic mass is 10.4. The SMILES string of the molecule is CCCN(CC)CCN(C)CC.